The van der Waals surface area contributed by atoms with Crippen LogP contribution >= 0.6 is 0 Å². The number of likely N-dealkylation sites (N-methyl/N-ethyl adjacent to an activating group) is 1. The molecule has 3 fully saturated rings. The highest BCUT2D eigenvalue weighted by Crippen LogP contribution is 2.30. The minimum atomic E-state index is -2.91. The molecule has 0 aromatic rings. The third-order valence-corrected chi connectivity index (χ3v) is 6.76. The van der Waals surface area contributed by atoms with E-state index in [9.17, 15) is 8.42 Å². The van der Waals surface area contributed by atoms with Crippen LogP contribution < -0.4 is 5.73 Å². The second-order valence-corrected chi connectivity index (χ2v) is 8.30. The van der Waals surface area contributed by atoms with Gasteiger partial charge in [-0.05, 0) is 26.3 Å². The van der Waals surface area contributed by atoms with E-state index in [0.29, 0.717) is 12.1 Å². The summed E-state index contributed by atoms with van der Waals surface area (Å²) in [6.45, 7) is 1.99. The number of nitrogens with zero attached hydrogens (tertiary/aromatic N) is 2. The maximum absolute atomic E-state index is 11.7. The average molecular weight is 273 g/mol. The van der Waals surface area contributed by atoms with Crippen molar-refractivity contribution in [2.24, 2.45) is 5.73 Å². The van der Waals surface area contributed by atoms with E-state index in [-0.39, 0.29) is 23.6 Å². The topological polar surface area (TPSA) is 66.6 Å². The Morgan fingerprint density at radius 2 is 1.83 bits per heavy atom. The van der Waals surface area contributed by atoms with E-state index in [1.807, 2.05) is 0 Å². The van der Waals surface area contributed by atoms with Gasteiger partial charge in [-0.2, -0.15) is 0 Å². The number of rotatable bonds is 1. The quantitative estimate of drug-likeness (QED) is 0.683. The fourth-order valence-corrected chi connectivity index (χ4v) is 5.79. The van der Waals surface area contributed by atoms with E-state index < -0.39 is 9.84 Å². The summed E-state index contributed by atoms with van der Waals surface area (Å²) in [4.78, 5) is 4.82. The van der Waals surface area contributed by atoms with Crippen molar-refractivity contribution in [3.05, 3.63) is 0 Å². The van der Waals surface area contributed by atoms with E-state index in [2.05, 4.69) is 16.8 Å². The highest BCUT2D eigenvalue weighted by atomic mass is 32.2. The van der Waals surface area contributed by atoms with E-state index in [0.717, 1.165) is 19.5 Å². The van der Waals surface area contributed by atoms with Crippen molar-refractivity contribution in [1.29, 1.82) is 0 Å². The smallest absolute Gasteiger partial charge is 0.153 e. The monoisotopic (exact) mass is 273 g/mol. The lowest BCUT2D eigenvalue weighted by molar-refractivity contribution is 0.173. The number of fused-ring (bicyclic) bond motifs is 2. The zero-order valence-corrected chi connectivity index (χ0v) is 11.8. The predicted molar refractivity (Wildman–Crippen MR) is 71.2 cm³/mol. The van der Waals surface area contributed by atoms with Gasteiger partial charge in [0.1, 0.15) is 0 Å². The largest absolute Gasteiger partial charge is 0.325 e. The summed E-state index contributed by atoms with van der Waals surface area (Å²) in [6, 6.07) is 1.13. The Labute approximate surface area is 109 Å². The molecule has 18 heavy (non-hydrogen) atoms. The summed E-state index contributed by atoms with van der Waals surface area (Å²) < 4.78 is 23.4. The zero-order valence-electron chi connectivity index (χ0n) is 11.0. The summed E-state index contributed by atoms with van der Waals surface area (Å²) in [5.41, 5.74) is 6.03. The van der Waals surface area contributed by atoms with Crippen LogP contribution in [0.3, 0.4) is 0 Å². The lowest BCUT2D eigenvalue weighted by Crippen LogP contribution is -2.50. The molecule has 3 saturated heterocycles. The molecule has 2 bridgehead atoms. The summed E-state index contributed by atoms with van der Waals surface area (Å²) in [5, 5.41) is 0. The van der Waals surface area contributed by atoms with Gasteiger partial charge >= 0.3 is 0 Å². The predicted octanol–water partition coefficient (Wildman–Crippen LogP) is -0.721. The van der Waals surface area contributed by atoms with E-state index in [4.69, 9.17) is 5.73 Å². The van der Waals surface area contributed by atoms with Gasteiger partial charge < -0.3 is 5.73 Å². The molecule has 0 aromatic carbocycles. The van der Waals surface area contributed by atoms with Gasteiger partial charge in [-0.15, -0.1) is 0 Å². The molecule has 3 aliphatic rings. The van der Waals surface area contributed by atoms with Gasteiger partial charge in [-0.1, -0.05) is 0 Å². The van der Waals surface area contributed by atoms with Gasteiger partial charge in [0.25, 0.3) is 0 Å². The Kier molecular flexibility index (Phi) is 3.17. The van der Waals surface area contributed by atoms with Crippen LogP contribution in [-0.4, -0.2) is 74.0 Å². The van der Waals surface area contributed by atoms with E-state index in [1.54, 1.807) is 0 Å². The summed E-state index contributed by atoms with van der Waals surface area (Å²) in [5.74, 6) is 0.424. The van der Waals surface area contributed by atoms with Crippen molar-refractivity contribution in [3.8, 4) is 0 Å². The van der Waals surface area contributed by atoms with Crippen LogP contribution in [-0.2, 0) is 9.84 Å². The van der Waals surface area contributed by atoms with Gasteiger partial charge in [0.2, 0.25) is 0 Å². The minimum Gasteiger partial charge on any atom is -0.325 e. The fourth-order valence-electron chi connectivity index (χ4n) is 3.87. The molecule has 0 aromatic heterocycles. The first-order valence-electron chi connectivity index (χ1n) is 6.88. The number of sulfone groups is 1. The summed E-state index contributed by atoms with van der Waals surface area (Å²) >= 11 is 0. The standard InChI is InChI=1S/C12H23N3O2S/c1-14-9-2-3-10(14)6-15(5-4-9)12-8-18(16,17)7-11(12)13/h9-12H,2-8,13H2,1H3. The molecule has 3 rings (SSSR count). The summed E-state index contributed by atoms with van der Waals surface area (Å²) in [6.07, 6.45) is 3.69. The molecule has 2 N–H and O–H groups in total. The first-order chi connectivity index (χ1) is 8.46. The molecule has 0 spiro atoms. The molecule has 5 nitrogen and oxygen atoms in total. The lowest BCUT2D eigenvalue weighted by atomic mass is 10.0. The van der Waals surface area contributed by atoms with Gasteiger partial charge in [0.05, 0.1) is 11.5 Å². The second-order valence-electron chi connectivity index (χ2n) is 6.14. The zero-order chi connectivity index (χ0) is 12.9. The highest BCUT2D eigenvalue weighted by Gasteiger charge is 2.42. The van der Waals surface area contributed by atoms with Crippen molar-refractivity contribution < 1.29 is 8.42 Å². The van der Waals surface area contributed by atoms with Gasteiger partial charge in [0.15, 0.2) is 9.84 Å². The second kappa shape index (κ2) is 4.44. The molecule has 3 aliphatic heterocycles. The average Bonchev–Trinajstić information content (AvgIpc) is 2.65. The van der Waals surface area contributed by atoms with Crippen LogP contribution in [0.2, 0.25) is 0 Å². The van der Waals surface area contributed by atoms with Crippen LogP contribution in [0.15, 0.2) is 0 Å². The van der Waals surface area contributed by atoms with Crippen LogP contribution in [0.5, 0.6) is 0 Å². The Bertz CT molecular complexity index is 425. The molecule has 0 aliphatic carbocycles. The highest BCUT2D eigenvalue weighted by molar-refractivity contribution is 7.91. The van der Waals surface area contributed by atoms with Crippen molar-refractivity contribution in [2.45, 2.75) is 43.4 Å². The number of likely N-dealkylation sites (tertiary alicyclic amines) is 1. The SMILES string of the molecule is CN1C2CCC1CN(C1CS(=O)(=O)CC1N)CC2. The molecular weight excluding hydrogens is 250 g/mol. The maximum Gasteiger partial charge on any atom is 0.153 e. The van der Waals surface area contributed by atoms with Gasteiger partial charge in [-0.3, -0.25) is 9.80 Å². The fraction of sp³-hybridized carbons (Fsp3) is 1.00. The molecule has 6 heteroatoms. The van der Waals surface area contributed by atoms with E-state index >= 15 is 0 Å². The van der Waals surface area contributed by atoms with Crippen molar-refractivity contribution in [3.63, 3.8) is 0 Å². The van der Waals surface area contributed by atoms with Crippen LogP contribution in [0.25, 0.3) is 0 Å². The first kappa shape index (κ1) is 12.8. The molecule has 4 unspecified atom stereocenters. The number of hydrogen-bond donors (Lipinski definition) is 1. The minimum absolute atomic E-state index is 0.0442. The first-order valence-corrected chi connectivity index (χ1v) is 8.70. The molecule has 0 radical (unpaired) electrons. The Morgan fingerprint density at radius 3 is 2.50 bits per heavy atom. The Hall–Kier alpha value is -0.170. The van der Waals surface area contributed by atoms with E-state index in [1.165, 1.54) is 12.8 Å². The van der Waals surface area contributed by atoms with Crippen LogP contribution in [0.1, 0.15) is 19.3 Å². The molecule has 0 saturated carbocycles. The molecule has 4 atom stereocenters. The van der Waals surface area contributed by atoms with Crippen molar-refractivity contribution >= 4 is 9.84 Å². The normalized spacial score (nSPS) is 45.2. The van der Waals surface area contributed by atoms with Crippen molar-refractivity contribution in [2.75, 3.05) is 31.6 Å². The third-order valence-electron chi connectivity index (χ3n) is 5.01. The Balaban J connectivity index is 1.74. The molecule has 0 amide bonds. The van der Waals surface area contributed by atoms with Gasteiger partial charge in [-0.25, -0.2) is 8.42 Å². The molecular formula is C12H23N3O2S. The van der Waals surface area contributed by atoms with Crippen LogP contribution in [0.4, 0.5) is 0 Å². The Morgan fingerprint density at radius 1 is 1.11 bits per heavy atom. The molecule has 3 heterocycles. The van der Waals surface area contributed by atoms with Gasteiger partial charge in [0, 0.05) is 37.3 Å². The molecule has 104 valence electrons. The third kappa shape index (κ3) is 2.19. The lowest BCUT2D eigenvalue weighted by Gasteiger charge is -2.32. The van der Waals surface area contributed by atoms with Crippen LogP contribution in [0, 0.1) is 0 Å². The number of hydrogen-bond acceptors (Lipinski definition) is 5. The maximum atomic E-state index is 11.7. The summed E-state index contributed by atoms with van der Waals surface area (Å²) in [7, 11) is -0.707. The number of nitrogens with two attached hydrogens (primary N) is 1. The van der Waals surface area contributed by atoms with Crippen molar-refractivity contribution in [1.82, 2.24) is 9.80 Å².